The molecule has 1 aliphatic rings. The van der Waals surface area contributed by atoms with Crippen LogP contribution >= 0.6 is 0 Å². The summed E-state index contributed by atoms with van der Waals surface area (Å²) in [7, 11) is 0. The van der Waals surface area contributed by atoms with Gasteiger partial charge in [-0.1, -0.05) is 6.07 Å². The zero-order chi connectivity index (χ0) is 12.4. The summed E-state index contributed by atoms with van der Waals surface area (Å²) in [6.07, 6.45) is 2.06. The number of carbonyl (C=O) groups excluding carboxylic acids is 1. The van der Waals surface area contributed by atoms with Crippen molar-refractivity contribution in [2.45, 2.75) is 25.8 Å². The summed E-state index contributed by atoms with van der Waals surface area (Å²) in [4.78, 5) is 14.1. The summed E-state index contributed by atoms with van der Waals surface area (Å²) in [5, 5.41) is 0. The molecule has 1 fully saturated rings. The van der Waals surface area contributed by atoms with E-state index in [1.807, 2.05) is 6.92 Å². The van der Waals surface area contributed by atoms with Crippen molar-refractivity contribution in [3.05, 3.63) is 35.1 Å². The van der Waals surface area contributed by atoms with E-state index >= 15 is 0 Å². The Bertz CT molecular complexity index is 429. The molecule has 0 saturated heterocycles. The Morgan fingerprint density at radius 3 is 2.82 bits per heavy atom. The van der Waals surface area contributed by atoms with E-state index in [9.17, 15) is 9.18 Å². The molecule has 1 aromatic carbocycles. The standard InChI is InChI=1S/C13H17FN2O/c1-9-2-3-10(14)8-12(9)13(17)16(7-6-15)11-4-5-11/h2-3,8,11H,4-7,15H2,1H3. The predicted molar refractivity (Wildman–Crippen MR) is 64.2 cm³/mol. The van der Waals surface area contributed by atoms with Gasteiger partial charge in [-0.3, -0.25) is 4.79 Å². The number of benzene rings is 1. The molecule has 0 aromatic heterocycles. The molecule has 0 spiro atoms. The van der Waals surface area contributed by atoms with Crippen molar-refractivity contribution in [2.24, 2.45) is 5.73 Å². The monoisotopic (exact) mass is 236 g/mol. The maximum absolute atomic E-state index is 13.2. The Balaban J connectivity index is 2.24. The summed E-state index contributed by atoms with van der Waals surface area (Å²) in [5.41, 5.74) is 6.76. The smallest absolute Gasteiger partial charge is 0.254 e. The molecule has 0 aliphatic heterocycles. The second kappa shape index (κ2) is 4.84. The lowest BCUT2D eigenvalue weighted by Gasteiger charge is -2.22. The zero-order valence-corrected chi connectivity index (χ0v) is 9.95. The number of nitrogens with zero attached hydrogens (tertiary/aromatic N) is 1. The highest BCUT2D eigenvalue weighted by Gasteiger charge is 2.32. The van der Waals surface area contributed by atoms with Gasteiger partial charge in [0, 0.05) is 24.7 Å². The van der Waals surface area contributed by atoms with Crippen LogP contribution in [-0.4, -0.2) is 29.9 Å². The van der Waals surface area contributed by atoms with Crippen LogP contribution < -0.4 is 5.73 Å². The number of rotatable bonds is 4. The normalized spacial score (nSPS) is 14.8. The number of aryl methyl sites for hydroxylation is 1. The average Bonchev–Trinajstić information content (AvgIpc) is 3.12. The maximum Gasteiger partial charge on any atom is 0.254 e. The molecule has 0 bridgehead atoms. The fraction of sp³-hybridized carbons (Fsp3) is 0.462. The molecule has 3 nitrogen and oxygen atoms in total. The van der Waals surface area contributed by atoms with E-state index in [0.29, 0.717) is 24.7 Å². The number of hydrogen-bond acceptors (Lipinski definition) is 2. The van der Waals surface area contributed by atoms with Gasteiger partial charge in [0.15, 0.2) is 0 Å². The Morgan fingerprint density at radius 2 is 2.24 bits per heavy atom. The summed E-state index contributed by atoms with van der Waals surface area (Å²) >= 11 is 0. The van der Waals surface area contributed by atoms with E-state index in [2.05, 4.69) is 0 Å². The van der Waals surface area contributed by atoms with E-state index in [0.717, 1.165) is 18.4 Å². The SMILES string of the molecule is Cc1ccc(F)cc1C(=O)N(CCN)C1CC1. The van der Waals surface area contributed by atoms with E-state index in [1.165, 1.54) is 12.1 Å². The minimum atomic E-state index is -0.373. The third-order valence-electron chi connectivity index (χ3n) is 3.05. The molecule has 0 heterocycles. The molecule has 0 radical (unpaired) electrons. The second-order valence-electron chi connectivity index (χ2n) is 4.48. The van der Waals surface area contributed by atoms with Gasteiger partial charge in [0.1, 0.15) is 5.82 Å². The zero-order valence-electron chi connectivity index (χ0n) is 9.95. The lowest BCUT2D eigenvalue weighted by Crippen LogP contribution is -2.37. The predicted octanol–water partition coefficient (Wildman–Crippen LogP) is 1.70. The van der Waals surface area contributed by atoms with E-state index < -0.39 is 0 Å². The topological polar surface area (TPSA) is 46.3 Å². The first kappa shape index (κ1) is 12.0. The fourth-order valence-corrected chi connectivity index (χ4v) is 1.95. The first-order valence-corrected chi connectivity index (χ1v) is 5.90. The second-order valence-corrected chi connectivity index (χ2v) is 4.48. The number of halogens is 1. The van der Waals surface area contributed by atoms with Crippen LogP contribution in [0.3, 0.4) is 0 Å². The minimum absolute atomic E-state index is 0.102. The Kier molecular flexibility index (Phi) is 3.43. The molecule has 1 aromatic rings. The first-order chi connectivity index (χ1) is 8.13. The summed E-state index contributed by atoms with van der Waals surface area (Å²) < 4.78 is 13.2. The van der Waals surface area contributed by atoms with Gasteiger partial charge < -0.3 is 10.6 Å². The highest BCUT2D eigenvalue weighted by molar-refractivity contribution is 5.96. The van der Waals surface area contributed by atoms with Gasteiger partial charge in [-0.15, -0.1) is 0 Å². The minimum Gasteiger partial charge on any atom is -0.334 e. The average molecular weight is 236 g/mol. The van der Waals surface area contributed by atoms with Crippen molar-refractivity contribution >= 4 is 5.91 Å². The summed E-state index contributed by atoms with van der Waals surface area (Å²) in [5.74, 6) is -0.475. The van der Waals surface area contributed by atoms with Crippen molar-refractivity contribution in [3.63, 3.8) is 0 Å². The van der Waals surface area contributed by atoms with Crippen LogP contribution in [0.1, 0.15) is 28.8 Å². The van der Waals surface area contributed by atoms with Gasteiger partial charge in [0.25, 0.3) is 5.91 Å². The molecule has 0 unspecified atom stereocenters. The Hall–Kier alpha value is -1.42. The van der Waals surface area contributed by atoms with Gasteiger partial charge in [-0.2, -0.15) is 0 Å². The van der Waals surface area contributed by atoms with Crippen molar-refractivity contribution < 1.29 is 9.18 Å². The van der Waals surface area contributed by atoms with Crippen molar-refractivity contribution in [3.8, 4) is 0 Å². The lowest BCUT2D eigenvalue weighted by molar-refractivity contribution is 0.0747. The van der Waals surface area contributed by atoms with Gasteiger partial charge in [0.05, 0.1) is 0 Å². The Morgan fingerprint density at radius 1 is 1.53 bits per heavy atom. The van der Waals surface area contributed by atoms with E-state index in [4.69, 9.17) is 5.73 Å². The maximum atomic E-state index is 13.2. The van der Waals surface area contributed by atoms with E-state index in [-0.39, 0.29) is 11.7 Å². The van der Waals surface area contributed by atoms with E-state index in [1.54, 1.807) is 11.0 Å². The van der Waals surface area contributed by atoms with Crippen molar-refractivity contribution in [1.29, 1.82) is 0 Å². The highest BCUT2D eigenvalue weighted by atomic mass is 19.1. The van der Waals surface area contributed by atoms with Crippen LogP contribution in [0.2, 0.25) is 0 Å². The number of carbonyl (C=O) groups is 1. The lowest BCUT2D eigenvalue weighted by atomic mass is 10.1. The largest absolute Gasteiger partial charge is 0.334 e. The van der Waals surface area contributed by atoms with Crippen LogP contribution in [0, 0.1) is 12.7 Å². The van der Waals surface area contributed by atoms with Crippen LogP contribution in [0.5, 0.6) is 0 Å². The van der Waals surface area contributed by atoms with Gasteiger partial charge in [-0.05, 0) is 37.5 Å². The van der Waals surface area contributed by atoms with Gasteiger partial charge in [0.2, 0.25) is 0 Å². The first-order valence-electron chi connectivity index (χ1n) is 5.90. The molecule has 2 rings (SSSR count). The number of amides is 1. The molecular weight excluding hydrogens is 219 g/mol. The third kappa shape index (κ3) is 2.64. The molecule has 0 atom stereocenters. The summed E-state index contributed by atoms with van der Waals surface area (Å²) in [6, 6.07) is 4.62. The molecule has 92 valence electrons. The van der Waals surface area contributed by atoms with Crippen molar-refractivity contribution in [1.82, 2.24) is 4.90 Å². The number of hydrogen-bond donors (Lipinski definition) is 1. The molecule has 2 N–H and O–H groups in total. The van der Waals surface area contributed by atoms with Gasteiger partial charge >= 0.3 is 0 Å². The molecule has 17 heavy (non-hydrogen) atoms. The quantitative estimate of drug-likeness (QED) is 0.864. The molecule has 1 saturated carbocycles. The van der Waals surface area contributed by atoms with Crippen LogP contribution in [0.25, 0.3) is 0 Å². The Labute approximate surface area is 100 Å². The molecule has 1 aliphatic carbocycles. The fourth-order valence-electron chi connectivity index (χ4n) is 1.95. The highest BCUT2D eigenvalue weighted by Crippen LogP contribution is 2.28. The molecule has 1 amide bonds. The third-order valence-corrected chi connectivity index (χ3v) is 3.05. The molecular formula is C13H17FN2O. The number of nitrogens with two attached hydrogens (primary N) is 1. The summed E-state index contributed by atoms with van der Waals surface area (Å²) in [6.45, 7) is 2.80. The van der Waals surface area contributed by atoms with Crippen molar-refractivity contribution in [2.75, 3.05) is 13.1 Å². The van der Waals surface area contributed by atoms with Crippen LogP contribution in [0.4, 0.5) is 4.39 Å². The van der Waals surface area contributed by atoms with Gasteiger partial charge in [-0.25, -0.2) is 4.39 Å². The molecule has 4 heteroatoms. The van der Waals surface area contributed by atoms with Crippen LogP contribution in [0.15, 0.2) is 18.2 Å². The van der Waals surface area contributed by atoms with Crippen LogP contribution in [-0.2, 0) is 0 Å².